The molecule has 21 heavy (non-hydrogen) atoms. The first-order valence-electron chi connectivity index (χ1n) is 6.41. The number of hydrogen-bond donors (Lipinski definition) is 2. The quantitative estimate of drug-likeness (QED) is 0.814. The van der Waals surface area contributed by atoms with E-state index in [1.807, 2.05) is 0 Å². The van der Waals surface area contributed by atoms with Gasteiger partial charge in [0.1, 0.15) is 5.82 Å². The van der Waals surface area contributed by atoms with Crippen LogP contribution in [0.25, 0.3) is 0 Å². The Balaban J connectivity index is 1.84. The minimum Gasteiger partial charge on any atom is -0.396 e. The number of benzene rings is 1. The molecule has 0 aliphatic carbocycles. The Morgan fingerprint density at radius 3 is 2.90 bits per heavy atom. The van der Waals surface area contributed by atoms with Crippen LogP contribution in [-0.2, 0) is 11.3 Å². The van der Waals surface area contributed by atoms with Crippen molar-refractivity contribution >= 4 is 17.3 Å². The highest BCUT2D eigenvalue weighted by Gasteiger charge is 2.05. The number of aryl methyl sites for hydroxylation is 1. The molecular formula is C14H15FN4O2. The van der Waals surface area contributed by atoms with Crippen molar-refractivity contribution in [1.82, 2.24) is 9.55 Å². The first-order chi connectivity index (χ1) is 10.1. The molecule has 3 N–H and O–H groups in total. The number of amides is 1. The number of nitrogens with zero attached hydrogens (tertiary/aromatic N) is 2. The molecule has 0 radical (unpaired) electrons. The number of carbonyl (C=O) groups excluding carboxylic acids is 1. The Bertz CT molecular complexity index is 699. The van der Waals surface area contributed by atoms with Crippen LogP contribution >= 0.6 is 0 Å². The summed E-state index contributed by atoms with van der Waals surface area (Å²) in [5, 5.41) is 2.62. The second-order valence-corrected chi connectivity index (χ2v) is 4.50. The molecule has 1 heterocycles. The van der Waals surface area contributed by atoms with Crippen molar-refractivity contribution in [3.63, 3.8) is 0 Å². The van der Waals surface area contributed by atoms with Crippen molar-refractivity contribution in [2.45, 2.75) is 19.4 Å². The molecular weight excluding hydrogens is 275 g/mol. The van der Waals surface area contributed by atoms with Crippen LogP contribution in [-0.4, -0.2) is 15.5 Å². The summed E-state index contributed by atoms with van der Waals surface area (Å²) in [4.78, 5) is 27.0. The standard InChI is InChI=1S/C14H15FN4O2/c15-11-4-3-10(8-12(11)16)18-13(20)2-1-7-19-9-17-6-5-14(19)21/h3-6,8-9H,1-2,7,16H2,(H,18,20). The van der Waals surface area contributed by atoms with Crippen molar-refractivity contribution in [3.05, 3.63) is 53.0 Å². The number of nitrogen functional groups attached to an aromatic ring is 1. The third-order valence-electron chi connectivity index (χ3n) is 2.87. The molecule has 1 aromatic carbocycles. The zero-order valence-corrected chi connectivity index (χ0v) is 11.3. The lowest BCUT2D eigenvalue weighted by atomic mass is 10.2. The predicted octanol–water partition coefficient (Wildman–Crippen LogP) is 1.38. The highest BCUT2D eigenvalue weighted by Crippen LogP contribution is 2.16. The number of anilines is 2. The maximum atomic E-state index is 13.0. The minimum atomic E-state index is -0.524. The molecule has 2 aromatic rings. The summed E-state index contributed by atoms with van der Waals surface area (Å²) < 4.78 is 14.4. The molecule has 0 spiro atoms. The Hall–Kier alpha value is -2.70. The molecule has 0 aliphatic heterocycles. The molecule has 1 amide bonds. The van der Waals surface area contributed by atoms with Gasteiger partial charge < -0.3 is 11.1 Å². The molecule has 0 saturated heterocycles. The first-order valence-corrected chi connectivity index (χ1v) is 6.41. The van der Waals surface area contributed by atoms with Crippen molar-refractivity contribution in [3.8, 4) is 0 Å². The molecule has 6 nitrogen and oxygen atoms in total. The Kier molecular flexibility index (Phi) is 4.65. The van der Waals surface area contributed by atoms with Crippen LogP contribution in [0.5, 0.6) is 0 Å². The van der Waals surface area contributed by atoms with Crippen molar-refractivity contribution in [2.75, 3.05) is 11.1 Å². The van der Waals surface area contributed by atoms with E-state index >= 15 is 0 Å². The second-order valence-electron chi connectivity index (χ2n) is 4.50. The van der Waals surface area contributed by atoms with Gasteiger partial charge in [-0.15, -0.1) is 0 Å². The third kappa shape index (κ3) is 4.13. The fraction of sp³-hybridized carbons (Fsp3) is 0.214. The lowest BCUT2D eigenvalue weighted by Gasteiger charge is -2.07. The van der Waals surface area contributed by atoms with E-state index in [-0.39, 0.29) is 23.6 Å². The monoisotopic (exact) mass is 290 g/mol. The van der Waals surface area contributed by atoms with Crippen LogP contribution in [0.3, 0.4) is 0 Å². The molecule has 2 rings (SSSR count). The number of aromatic nitrogens is 2. The van der Waals surface area contributed by atoms with Crippen LogP contribution in [0.4, 0.5) is 15.8 Å². The largest absolute Gasteiger partial charge is 0.396 e. The first kappa shape index (κ1) is 14.7. The number of rotatable bonds is 5. The fourth-order valence-electron chi connectivity index (χ4n) is 1.80. The predicted molar refractivity (Wildman–Crippen MR) is 77.2 cm³/mol. The summed E-state index contributed by atoms with van der Waals surface area (Å²) in [5.74, 6) is -0.748. The van der Waals surface area contributed by atoms with Crippen molar-refractivity contribution < 1.29 is 9.18 Å². The van der Waals surface area contributed by atoms with Gasteiger partial charge in [0.2, 0.25) is 5.91 Å². The number of nitrogens with one attached hydrogen (secondary N) is 1. The van der Waals surface area contributed by atoms with Gasteiger partial charge in [0, 0.05) is 30.9 Å². The van der Waals surface area contributed by atoms with Crippen LogP contribution in [0, 0.1) is 5.82 Å². The summed E-state index contributed by atoms with van der Waals surface area (Å²) >= 11 is 0. The van der Waals surface area contributed by atoms with Gasteiger partial charge in [-0.3, -0.25) is 14.2 Å². The lowest BCUT2D eigenvalue weighted by molar-refractivity contribution is -0.116. The summed E-state index contributed by atoms with van der Waals surface area (Å²) in [6, 6.07) is 5.36. The normalized spacial score (nSPS) is 10.3. The minimum absolute atomic E-state index is 0.0188. The van der Waals surface area contributed by atoms with E-state index in [4.69, 9.17) is 5.73 Å². The number of nitrogens with two attached hydrogens (primary N) is 1. The van der Waals surface area contributed by atoms with Crippen LogP contribution in [0.2, 0.25) is 0 Å². The second kappa shape index (κ2) is 6.65. The van der Waals surface area contributed by atoms with Crippen LogP contribution in [0.1, 0.15) is 12.8 Å². The molecule has 7 heteroatoms. The van der Waals surface area contributed by atoms with E-state index in [1.165, 1.54) is 41.4 Å². The van der Waals surface area contributed by atoms with Gasteiger partial charge in [-0.2, -0.15) is 0 Å². The Morgan fingerprint density at radius 2 is 2.19 bits per heavy atom. The van der Waals surface area contributed by atoms with E-state index in [0.717, 1.165) is 0 Å². The van der Waals surface area contributed by atoms with Crippen LogP contribution < -0.4 is 16.6 Å². The maximum absolute atomic E-state index is 13.0. The number of halogens is 1. The summed E-state index contributed by atoms with van der Waals surface area (Å²) in [6.07, 6.45) is 3.58. The zero-order chi connectivity index (χ0) is 15.2. The molecule has 110 valence electrons. The molecule has 0 unspecified atom stereocenters. The van der Waals surface area contributed by atoms with Gasteiger partial charge in [-0.25, -0.2) is 9.37 Å². The van der Waals surface area contributed by atoms with Gasteiger partial charge in [0.15, 0.2) is 0 Å². The van der Waals surface area contributed by atoms with Crippen molar-refractivity contribution in [2.24, 2.45) is 0 Å². The van der Waals surface area contributed by atoms with Gasteiger partial charge in [0.05, 0.1) is 12.0 Å². The van der Waals surface area contributed by atoms with Gasteiger partial charge in [-0.05, 0) is 24.6 Å². The van der Waals surface area contributed by atoms with Gasteiger partial charge in [0.25, 0.3) is 5.56 Å². The molecule has 0 bridgehead atoms. The third-order valence-corrected chi connectivity index (χ3v) is 2.87. The van der Waals surface area contributed by atoms with E-state index in [0.29, 0.717) is 18.7 Å². The van der Waals surface area contributed by atoms with Gasteiger partial charge in [-0.1, -0.05) is 0 Å². The highest BCUT2D eigenvalue weighted by molar-refractivity contribution is 5.91. The maximum Gasteiger partial charge on any atom is 0.253 e. The lowest BCUT2D eigenvalue weighted by Crippen LogP contribution is -2.20. The van der Waals surface area contributed by atoms with Gasteiger partial charge >= 0.3 is 0 Å². The Morgan fingerprint density at radius 1 is 1.38 bits per heavy atom. The smallest absolute Gasteiger partial charge is 0.253 e. The molecule has 1 aromatic heterocycles. The average Bonchev–Trinajstić information content (AvgIpc) is 2.45. The zero-order valence-electron chi connectivity index (χ0n) is 11.3. The molecule has 0 fully saturated rings. The number of hydrogen-bond acceptors (Lipinski definition) is 4. The molecule has 0 aliphatic rings. The summed E-state index contributed by atoms with van der Waals surface area (Å²) in [6.45, 7) is 0.408. The molecule has 0 atom stereocenters. The Labute approximate surface area is 120 Å². The van der Waals surface area contributed by atoms with E-state index in [9.17, 15) is 14.0 Å². The van der Waals surface area contributed by atoms with Crippen LogP contribution in [0.15, 0.2) is 41.6 Å². The molecule has 0 saturated carbocycles. The number of carbonyl (C=O) groups is 1. The SMILES string of the molecule is Nc1cc(NC(=O)CCCn2cnccc2=O)ccc1F. The van der Waals surface area contributed by atoms with E-state index < -0.39 is 5.82 Å². The van der Waals surface area contributed by atoms with Crippen molar-refractivity contribution in [1.29, 1.82) is 0 Å². The summed E-state index contributed by atoms with van der Waals surface area (Å²) in [5.41, 5.74) is 5.69. The van der Waals surface area contributed by atoms with E-state index in [2.05, 4.69) is 10.3 Å². The van der Waals surface area contributed by atoms with E-state index in [1.54, 1.807) is 0 Å². The fourth-order valence-corrected chi connectivity index (χ4v) is 1.80. The highest BCUT2D eigenvalue weighted by atomic mass is 19.1. The summed E-state index contributed by atoms with van der Waals surface area (Å²) in [7, 11) is 0. The topological polar surface area (TPSA) is 90.0 Å². The average molecular weight is 290 g/mol.